The minimum Gasteiger partial charge on any atom is -0.393 e. The van der Waals surface area contributed by atoms with E-state index in [0.29, 0.717) is 6.10 Å². The molecule has 2 atom stereocenters. The Morgan fingerprint density at radius 3 is 2.31 bits per heavy atom. The predicted octanol–water partition coefficient (Wildman–Crippen LogP) is 3.67. The Labute approximate surface area is 100 Å². The highest BCUT2D eigenvalue weighted by Crippen LogP contribution is 2.22. The molecular formula is C14H28O2. The number of hydrogen-bond acceptors (Lipinski definition) is 2. The first kappa shape index (κ1) is 14.0. The molecule has 0 spiro atoms. The molecule has 0 radical (unpaired) electrons. The molecule has 0 aromatic rings. The summed E-state index contributed by atoms with van der Waals surface area (Å²) in [5.74, 6) is 0. The molecule has 0 aromatic carbocycles. The third-order valence-corrected chi connectivity index (χ3v) is 3.46. The number of unbranched alkanes of at least 4 members (excludes halogenated alkanes) is 6. The summed E-state index contributed by atoms with van der Waals surface area (Å²) in [6.45, 7) is 3.15. The molecule has 0 saturated heterocycles. The molecule has 2 nitrogen and oxygen atoms in total. The molecule has 1 N–H and O–H groups in total. The number of aliphatic hydroxyl groups is 1. The van der Waals surface area contributed by atoms with E-state index >= 15 is 0 Å². The lowest BCUT2D eigenvalue weighted by Crippen LogP contribution is -2.10. The largest absolute Gasteiger partial charge is 0.393 e. The van der Waals surface area contributed by atoms with Crippen molar-refractivity contribution >= 4 is 0 Å². The van der Waals surface area contributed by atoms with Crippen LogP contribution in [0, 0.1) is 0 Å². The summed E-state index contributed by atoms with van der Waals surface area (Å²) >= 11 is 0. The standard InChI is InChI=1S/C14H28O2/c1-2-3-4-5-6-7-8-11-16-14-10-9-13(15)12-14/h13-15H,2-12H2,1H3. The Kier molecular flexibility index (Phi) is 7.87. The van der Waals surface area contributed by atoms with Crippen LogP contribution in [0.3, 0.4) is 0 Å². The highest BCUT2D eigenvalue weighted by Gasteiger charge is 2.22. The van der Waals surface area contributed by atoms with E-state index in [1.54, 1.807) is 0 Å². The molecule has 0 aliphatic heterocycles. The maximum Gasteiger partial charge on any atom is 0.0600 e. The second-order valence-corrected chi connectivity index (χ2v) is 5.08. The topological polar surface area (TPSA) is 29.5 Å². The molecule has 1 fully saturated rings. The quantitative estimate of drug-likeness (QED) is 0.610. The molecule has 1 rings (SSSR count). The maximum absolute atomic E-state index is 9.34. The molecule has 96 valence electrons. The van der Waals surface area contributed by atoms with Crippen LogP contribution in [0.4, 0.5) is 0 Å². The van der Waals surface area contributed by atoms with Crippen LogP contribution in [0.15, 0.2) is 0 Å². The normalized spacial score (nSPS) is 25.1. The van der Waals surface area contributed by atoms with Crippen LogP contribution >= 0.6 is 0 Å². The summed E-state index contributed by atoms with van der Waals surface area (Å²) < 4.78 is 5.74. The van der Waals surface area contributed by atoms with Gasteiger partial charge in [-0.15, -0.1) is 0 Å². The van der Waals surface area contributed by atoms with Gasteiger partial charge < -0.3 is 9.84 Å². The van der Waals surface area contributed by atoms with Crippen LogP contribution < -0.4 is 0 Å². The van der Waals surface area contributed by atoms with E-state index < -0.39 is 0 Å². The van der Waals surface area contributed by atoms with Crippen molar-refractivity contribution in [2.24, 2.45) is 0 Å². The molecule has 16 heavy (non-hydrogen) atoms. The van der Waals surface area contributed by atoms with Gasteiger partial charge in [0.1, 0.15) is 0 Å². The van der Waals surface area contributed by atoms with Gasteiger partial charge in [-0.1, -0.05) is 45.4 Å². The molecule has 0 heterocycles. The molecular weight excluding hydrogens is 200 g/mol. The van der Waals surface area contributed by atoms with Crippen molar-refractivity contribution in [3.05, 3.63) is 0 Å². The van der Waals surface area contributed by atoms with Crippen LogP contribution in [-0.2, 0) is 4.74 Å². The smallest absolute Gasteiger partial charge is 0.0600 e. The first-order chi connectivity index (χ1) is 7.83. The third kappa shape index (κ3) is 6.49. The fourth-order valence-electron chi connectivity index (χ4n) is 2.38. The molecule has 1 aliphatic carbocycles. The van der Waals surface area contributed by atoms with E-state index in [9.17, 15) is 5.11 Å². The van der Waals surface area contributed by atoms with Gasteiger partial charge in [0.25, 0.3) is 0 Å². The second kappa shape index (κ2) is 9.00. The van der Waals surface area contributed by atoms with E-state index in [1.807, 2.05) is 0 Å². The van der Waals surface area contributed by atoms with Crippen LogP contribution in [0.2, 0.25) is 0 Å². The summed E-state index contributed by atoms with van der Waals surface area (Å²) in [5, 5.41) is 9.34. The van der Waals surface area contributed by atoms with E-state index in [-0.39, 0.29) is 6.10 Å². The van der Waals surface area contributed by atoms with Gasteiger partial charge in [0.2, 0.25) is 0 Å². The molecule has 1 saturated carbocycles. The SMILES string of the molecule is CCCCCCCCCOC1CCC(O)C1. The zero-order valence-electron chi connectivity index (χ0n) is 10.8. The van der Waals surface area contributed by atoms with Gasteiger partial charge in [0.05, 0.1) is 12.2 Å². The average Bonchev–Trinajstić information content (AvgIpc) is 2.68. The van der Waals surface area contributed by atoms with Gasteiger partial charge in [-0.3, -0.25) is 0 Å². The monoisotopic (exact) mass is 228 g/mol. The lowest BCUT2D eigenvalue weighted by atomic mass is 10.1. The highest BCUT2D eigenvalue weighted by atomic mass is 16.5. The Morgan fingerprint density at radius 1 is 1.00 bits per heavy atom. The van der Waals surface area contributed by atoms with Crippen molar-refractivity contribution in [2.75, 3.05) is 6.61 Å². The predicted molar refractivity (Wildman–Crippen MR) is 67.6 cm³/mol. The van der Waals surface area contributed by atoms with Crippen LogP contribution in [0.25, 0.3) is 0 Å². The maximum atomic E-state index is 9.34. The fraction of sp³-hybridized carbons (Fsp3) is 1.00. The van der Waals surface area contributed by atoms with Crippen molar-refractivity contribution < 1.29 is 9.84 Å². The van der Waals surface area contributed by atoms with Crippen molar-refractivity contribution in [1.29, 1.82) is 0 Å². The van der Waals surface area contributed by atoms with Crippen molar-refractivity contribution in [2.45, 2.75) is 83.3 Å². The number of rotatable bonds is 9. The number of aliphatic hydroxyl groups excluding tert-OH is 1. The minimum atomic E-state index is -0.0981. The van der Waals surface area contributed by atoms with Gasteiger partial charge in [0.15, 0.2) is 0 Å². The number of hydrogen-bond donors (Lipinski definition) is 1. The van der Waals surface area contributed by atoms with Crippen molar-refractivity contribution in [3.63, 3.8) is 0 Å². The van der Waals surface area contributed by atoms with E-state index in [0.717, 1.165) is 25.9 Å². The van der Waals surface area contributed by atoms with Crippen molar-refractivity contribution in [1.82, 2.24) is 0 Å². The van der Waals surface area contributed by atoms with Crippen LogP contribution in [0.5, 0.6) is 0 Å². The number of ether oxygens (including phenoxy) is 1. The van der Waals surface area contributed by atoms with Crippen LogP contribution in [-0.4, -0.2) is 23.9 Å². The van der Waals surface area contributed by atoms with Gasteiger partial charge in [-0.2, -0.15) is 0 Å². The summed E-state index contributed by atoms with van der Waals surface area (Å²) in [5.41, 5.74) is 0. The summed E-state index contributed by atoms with van der Waals surface area (Å²) in [4.78, 5) is 0. The zero-order chi connectivity index (χ0) is 11.6. The van der Waals surface area contributed by atoms with E-state index in [1.165, 1.54) is 44.9 Å². The molecule has 0 bridgehead atoms. The van der Waals surface area contributed by atoms with E-state index in [4.69, 9.17) is 4.74 Å². The zero-order valence-corrected chi connectivity index (χ0v) is 10.8. The third-order valence-electron chi connectivity index (χ3n) is 3.46. The van der Waals surface area contributed by atoms with Gasteiger partial charge in [-0.25, -0.2) is 0 Å². The summed E-state index contributed by atoms with van der Waals surface area (Å²) in [6, 6.07) is 0. The highest BCUT2D eigenvalue weighted by molar-refractivity contribution is 4.74. The first-order valence-corrected chi connectivity index (χ1v) is 7.12. The van der Waals surface area contributed by atoms with Gasteiger partial charge >= 0.3 is 0 Å². The molecule has 2 unspecified atom stereocenters. The van der Waals surface area contributed by atoms with E-state index in [2.05, 4.69) is 6.92 Å². The minimum absolute atomic E-state index is 0.0981. The molecule has 0 aromatic heterocycles. The molecule has 0 amide bonds. The molecule has 1 aliphatic rings. The van der Waals surface area contributed by atoms with Crippen LogP contribution in [0.1, 0.15) is 71.1 Å². The van der Waals surface area contributed by atoms with Crippen molar-refractivity contribution in [3.8, 4) is 0 Å². The second-order valence-electron chi connectivity index (χ2n) is 5.08. The van der Waals surface area contributed by atoms with Gasteiger partial charge in [0, 0.05) is 6.61 Å². The summed E-state index contributed by atoms with van der Waals surface area (Å²) in [6.07, 6.45) is 12.4. The average molecular weight is 228 g/mol. The van der Waals surface area contributed by atoms with Gasteiger partial charge in [-0.05, 0) is 25.7 Å². The Morgan fingerprint density at radius 2 is 1.69 bits per heavy atom. The Hall–Kier alpha value is -0.0800. The Balaban J connectivity index is 1.78. The lowest BCUT2D eigenvalue weighted by Gasteiger charge is -2.10. The lowest BCUT2D eigenvalue weighted by molar-refractivity contribution is 0.0450. The fourth-order valence-corrected chi connectivity index (χ4v) is 2.38. The molecule has 2 heteroatoms. The summed E-state index contributed by atoms with van der Waals surface area (Å²) in [7, 11) is 0. The Bertz CT molecular complexity index is 159. The first-order valence-electron chi connectivity index (χ1n) is 7.12.